The van der Waals surface area contributed by atoms with Crippen LogP contribution in [0.25, 0.3) is 10.1 Å². The van der Waals surface area contributed by atoms with Crippen LogP contribution in [0, 0.1) is 5.92 Å². The maximum absolute atomic E-state index is 11.7. The lowest BCUT2D eigenvalue weighted by Gasteiger charge is -2.40. The average Bonchev–Trinajstić information content (AvgIpc) is 3.12. The Morgan fingerprint density at radius 3 is 2.70 bits per heavy atom. The van der Waals surface area contributed by atoms with Gasteiger partial charge in [0.15, 0.2) is 0 Å². The van der Waals surface area contributed by atoms with Gasteiger partial charge < -0.3 is 15.1 Å². The van der Waals surface area contributed by atoms with Crippen molar-refractivity contribution in [1.29, 1.82) is 0 Å². The molecule has 0 atom stereocenters. The van der Waals surface area contributed by atoms with Crippen LogP contribution in [0.5, 0.6) is 0 Å². The number of nitrogens with zero attached hydrogens (tertiary/aromatic N) is 3. The molecule has 146 valence electrons. The highest BCUT2D eigenvalue weighted by Gasteiger charge is 2.31. The van der Waals surface area contributed by atoms with E-state index < -0.39 is 0 Å². The lowest BCUT2D eigenvalue weighted by molar-refractivity contribution is 0.162. The van der Waals surface area contributed by atoms with Crippen LogP contribution in [-0.2, 0) is 0 Å². The monoisotopic (exact) mass is 386 g/mol. The minimum atomic E-state index is 0.0372. The van der Waals surface area contributed by atoms with Gasteiger partial charge in [0.25, 0.3) is 0 Å². The number of amides is 2. The van der Waals surface area contributed by atoms with Gasteiger partial charge in [0.1, 0.15) is 0 Å². The Hall–Kier alpha value is -1.79. The number of nitrogens with one attached hydrogen (secondary N) is 1. The molecule has 1 saturated carbocycles. The van der Waals surface area contributed by atoms with E-state index in [1.165, 1.54) is 28.7 Å². The summed E-state index contributed by atoms with van der Waals surface area (Å²) >= 11 is 1.83. The summed E-state index contributed by atoms with van der Waals surface area (Å²) in [5.74, 6) is 0.773. The van der Waals surface area contributed by atoms with Gasteiger partial charge in [-0.2, -0.15) is 0 Å². The van der Waals surface area contributed by atoms with E-state index in [2.05, 4.69) is 44.8 Å². The first-order valence-electron chi connectivity index (χ1n) is 10.0. The smallest absolute Gasteiger partial charge is 0.317 e. The van der Waals surface area contributed by atoms with Crippen molar-refractivity contribution in [3.05, 3.63) is 29.6 Å². The average molecular weight is 387 g/mol. The minimum absolute atomic E-state index is 0.0372. The molecule has 5 nitrogen and oxygen atoms in total. The van der Waals surface area contributed by atoms with Crippen LogP contribution < -0.4 is 10.2 Å². The fourth-order valence-corrected chi connectivity index (χ4v) is 5.03. The van der Waals surface area contributed by atoms with Crippen LogP contribution in [0.15, 0.2) is 29.6 Å². The number of fused-ring (bicyclic) bond motifs is 1. The van der Waals surface area contributed by atoms with Gasteiger partial charge in [-0.1, -0.05) is 6.07 Å². The Morgan fingerprint density at radius 1 is 1.19 bits per heavy atom. The molecular weight excluding hydrogens is 356 g/mol. The molecule has 0 bridgehead atoms. The first-order valence-corrected chi connectivity index (χ1v) is 10.9. The van der Waals surface area contributed by atoms with Crippen molar-refractivity contribution in [2.75, 3.05) is 51.7 Å². The molecule has 6 heteroatoms. The van der Waals surface area contributed by atoms with Crippen molar-refractivity contribution in [2.24, 2.45) is 5.92 Å². The van der Waals surface area contributed by atoms with Gasteiger partial charge in [-0.3, -0.25) is 4.90 Å². The van der Waals surface area contributed by atoms with E-state index in [9.17, 15) is 4.79 Å². The highest BCUT2D eigenvalue weighted by Crippen LogP contribution is 2.32. The third-order valence-corrected chi connectivity index (χ3v) is 6.89. The van der Waals surface area contributed by atoms with E-state index in [1.54, 1.807) is 19.0 Å². The number of hydrogen-bond acceptors (Lipinski definition) is 4. The van der Waals surface area contributed by atoms with E-state index in [0.717, 1.165) is 44.9 Å². The third kappa shape index (κ3) is 4.22. The zero-order chi connectivity index (χ0) is 18.8. The molecule has 2 heterocycles. The van der Waals surface area contributed by atoms with E-state index in [4.69, 9.17) is 0 Å². The maximum Gasteiger partial charge on any atom is 0.317 e. The Labute approximate surface area is 165 Å². The number of hydrogen-bond donors (Lipinski definition) is 1. The van der Waals surface area contributed by atoms with Crippen LogP contribution >= 0.6 is 11.3 Å². The second-order valence-electron chi connectivity index (χ2n) is 8.11. The number of benzene rings is 1. The molecule has 1 N–H and O–H groups in total. The van der Waals surface area contributed by atoms with Crippen molar-refractivity contribution in [1.82, 2.24) is 15.1 Å². The molecular formula is C21H30N4OS. The minimum Gasteiger partial charge on any atom is -0.368 e. The molecule has 2 fully saturated rings. The fourth-order valence-electron chi connectivity index (χ4n) is 4.22. The van der Waals surface area contributed by atoms with Gasteiger partial charge in [0, 0.05) is 62.1 Å². The molecule has 2 aromatic rings. The molecule has 0 radical (unpaired) electrons. The molecule has 1 saturated heterocycles. The molecule has 1 aromatic heterocycles. The van der Waals surface area contributed by atoms with Crippen LogP contribution in [-0.4, -0.2) is 68.7 Å². The number of thiophene rings is 1. The summed E-state index contributed by atoms with van der Waals surface area (Å²) < 4.78 is 1.39. The molecule has 0 unspecified atom stereocenters. The Balaban J connectivity index is 1.19. The van der Waals surface area contributed by atoms with Gasteiger partial charge in [-0.05, 0) is 55.3 Å². The fraction of sp³-hybridized carbons (Fsp3) is 0.571. The summed E-state index contributed by atoms with van der Waals surface area (Å²) in [6, 6.07) is 9.34. The standard InChI is InChI=1S/C21H30N4OS/c1-23(2)21(26)22-17-14-16(15-17)6-8-24-9-11-25(12-10-24)19-4-3-5-20-18(19)7-13-27-20/h3-5,7,13,16-17H,6,8-12,14-15H2,1-2H3,(H,22,26)/t16-,17+. The molecule has 1 aromatic carbocycles. The van der Waals surface area contributed by atoms with E-state index in [-0.39, 0.29) is 6.03 Å². The summed E-state index contributed by atoms with van der Waals surface area (Å²) in [6.45, 7) is 5.71. The van der Waals surface area contributed by atoms with E-state index in [1.807, 2.05) is 11.3 Å². The van der Waals surface area contributed by atoms with Crippen LogP contribution in [0.1, 0.15) is 19.3 Å². The first kappa shape index (κ1) is 18.6. The largest absolute Gasteiger partial charge is 0.368 e. The van der Waals surface area contributed by atoms with Crippen LogP contribution in [0.2, 0.25) is 0 Å². The van der Waals surface area contributed by atoms with Crippen LogP contribution in [0.3, 0.4) is 0 Å². The SMILES string of the molecule is CN(C)C(=O)N[C@H]1C[C@@H](CCN2CCN(c3cccc4sccc34)CC2)C1. The van der Waals surface area contributed by atoms with Gasteiger partial charge >= 0.3 is 6.03 Å². The van der Waals surface area contributed by atoms with Crippen molar-refractivity contribution < 1.29 is 4.79 Å². The van der Waals surface area contributed by atoms with Crippen molar-refractivity contribution in [3.63, 3.8) is 0 Å². The Morgan fingerprint density at radius 2 is 1.96 bits per heavy atom. The summed E-state index contributed by atoms with van der Waals surface area (Å²) in [5.41, 5.74) is 1.40. The summed E-state index contributed by atoms with van der Waals surface area (Å²) in [7, 11) is 3.59. The van der Waals surface area contributed by atoms with Gasteiger partial charge in [0.2, 0.25) is 0 Å². The number of urea groups is 1. The molecule has 27 heavy (non-hydrogen) atoms. The molecule has 2 amide bonds. The first-order chi connectivity index (χ1) is 13.1. The number of rotatable bonds is 5. The van der Waals surface area contributed by atoms with Gasteiger partial charge in [-0.15, -0.1) is 11.3 Å². The zero-order valence-corrected chi connectivity index (χ0v) is 17.2. The number of carbonyl (C=O) groups is 1. The predicted molar refractivity (Wildman–Crippen MR) is 114 cm³/mol. The lowest BCUT2D eigenvalue weighted by Crippen LogP contribution is -2.49. The van der Waals surface area contributed by atoms with Gasteiger partial charge in [0.05, 0.1) is 0 Å². The molecule has 1 aliphatic carbocycles. The normalized spacial score (nSPS) is 23.3. The molecule has 0 spiro atoms. The number of anilines is 1. The molecule has 2 aliphatic rings. The highest BCUT2D eigenvalue weighted by molar-refractivity contribution is 7.17. The predicted octanol–water partition coefficient (Wildman–Crippen LogP) is 3.46. The van der Waals surface area contributed by atoms with E-state index in [0.29, 0.717) is 6.04 Å². The zero-order valence-electron chi connectivity index (χ0n) is 16.4. The summed E-state index contributed by atoms with van der Waals surface area (Å²) in [6.07, 6.45) is 3.54. The molecule has 1 aliphatic heterocycles. The Bertz CT molecular complexity index is 775. The quantitative estimate of drug-likeness (QED) is 0.855. The van der Waals surface area contributed by atoms with Crippen molar-refractivity contribution in [2.45, 2.75) is 25.3 Å². The highest BCUT2D eigenvalue weighted by atomic mass is 32.1. The van der Waals surface area contributed by atoms with Crippen LogP contribution in [0.4, 0.5) is 10.5 Å². The number of carbonyl (C=O) groups excluding carboxylic acids is 1. The van der Waals surface area contributed by atoms with Gasteiger partial charge in [-0.25, -0.2) is 4.79 Å². The summed E-state index contributed by atoms with van der Waals surface area (Å²) in [4.78, 5) is 18.4. The maximum atomic E-state index is 11.7. The summed E-state index contributed by atoms with van der Waals surface area (Å²) in [5, 5.41) is 6.68. The topological polar surface area (TPSA) is 38.8 Å². The third-order valence-electron chi connectivity index (χ3n) is 6.01. The van der Waals surface area contributed by atoms with Crippen molar-refractivity contribution >= 4 is 33.1 Å². The second kappa shape index (κ2) is 8.07. The lowest BCUT2D eigenvalue weighted by atomic mass is 9.78. The molecule has 4 rings (SSSR count). The van der Waals surface area contributed by atoms with E-state index >= 15 is 0 Å². The second-order valence-corrected chi connectivity index (χ2v) is 9.05. The number of piperazine rings is 1. The Kier molecular flexibility index (Phi) is 5.55. The van der Waals surface area contributed by atoms with Crippen molar-refractivity contribution in [3.8, 4) is 0 Å².